The van der Waals surface area contributed by atoms with Crippen molar-refractivity contribution in [3.8, 4) is 0 Å². The number of piperazine rings is 1. The van der Waals surface area contributed by atoms with Crippen LogP contribution < -0.4 is 5.73 Å². The molecule has 1 fully saturated rings. The number of nitrogens with two attached hydrogens (primary N) is 1. The van der Waals surface area contributed by atoms with Crippen molar-refractivity contribution in [2.75, 3.05) is 26.3 Å². The minimum absolute atomic E-state index is 0.0267. The van der Waals surface area contributed by atoms with Crippen LogP contribution >= 0.6 is 0 Å². The molecule has 0 spiro atoms. The molecule has 0 bridgehead atoms. The Hall–Kier alpha value is -1.35. The minimum Gasteiger partial charge on any atom is -0.318 e. The van der Waals surface area contributed by atoms with Gasteiger partial charge in [0.1, 0.15) is 0 Å². The Labute approximate surface area is 88.6 Å². The smallest absolute Gasteiger partial charge is 0.318 e. The van der Waals surface area contributed by atoms with Gasteiger partial charge in [-0.1, -0.05) is 0 Å². The summed E-state index contributed by atoms with van der Waals surface area (Å²) in [6, 6.07) is -4.29. The van der Waals surface area contributed by atoms with Crippen molar-refractivity contribution in [2.45, 2.75) is 6.05 Å². The highest BCUT2D eigenvalue weighted by atomic mass is 19.3. The second kappa shape index (κ2) is 4.66. The quantitative estimate of drug-likeness (QED) is 0.646. The van der Waals surface area contributed by atoms with Gasteiger partial charge in [0.25, 0.3) is 0 Å². The highest BCUT2D eigenvalue weighted by Gasteiger charge is 2.51. The van der Waals surface area contributed by atoms with E-state index in [0.29, 0.717) is 0 Å². The van der Waals surface area contributed by atoms with Crippen molar-refractivity contribution < 1.29 is 27.8 Å². The number of halogens is 3. The van der Waals surface area contributed by atoms with Crippen molar-refractivity contribution >= 4 is 11.9 Å². The number of amides is 1. The van der Waals surface area contributed by atoms with Gasteiger partial charge in [-0.05, 0) is 0 Å². The van der Waals surface area contributed by atoms with Crippen molar-refractivity contribution in [1.29, 1.82) is 0 Å². The second-order valence-corrected chi connectivity index (χ2v) is 3.19. The molecule has 1 saturated heterocycles. The molecule has 0 saturated carbocycles. The van der Waals surface area contributed by atoms with E-state index < -0.39 is 24.5 Å². The standard InChI is InChI=1S/C7H10F3N3O3/c8-7(9,6(15)16-10)13-2-1-12(4-11)3-5(13)14/h1-4,11H2. The molecular weight excluding hydrogens is 231 g/mol. The fourth-order valence-corrected chi connectivity index (χ4v) is 1.33. The van der Waals surface area contributed by atoms with Gasteiger partial charge in [0, 0.05) is 24.3 Å². The molecule has 0 aromatic carbocycles. The molecule has 1 aliphatic heterocycles. The maximum absolute atomic E-state index is 13.1. The lowest BCUT2D eigenvalue weighted by Gasteiger charge is -2.35. The van der Waals surface area contributed by atoms with E-state index in [0.717, 1.165) is 0 Å². The Morgan fingerprint density at radius 3 is 2.56 bits per heavy atom. The van der Waals surface area contributed by atoms with Crippen LogP contribution in [0.3, 0.4) is 0 Å². The molecule has 16 heavy (non-hydrogen) atoms. The van der Waals surface area contributed by atoms with Gasteiger partial charge in [-0.15, -0.1) is 0 Å². The van der Waals surface area contributed by atoms with Crippen molar-refractivity contribution in [2.24, 2.45) is 5.73 Å². The lowest BCUT2D eigenvalue weighted by molar-refractivity contribution is -0.238. The number of carbonyl (C=O) groups is 2. The maximum atomic E-state index is 13.1. The minimum atomic E-state index is -4.29. The van der Waals surface area contributed by atoms with E-state index in [4.69, 9.17) is 5.73 Å². The summed E-state index contributed by atoms with van der Waals surface area (Å²) in [6.45, 7) is -0.639. The molecule has 1 amide bonds. The van der Waals surface area contributed by atoms with E-state index in [1.54, 1.807) is 0 Å². The number of nitrogens with zero attached hydrogens (tertiary/aromatic N) is 2. The van der Waals surface area contributed by atoms with Crippen LogP contribution in [0.2, 0.25) is 0 Å². The zero-order chi connectivity index (χ0) is 12.3. The summed E-state index contributed by atoms with van der Waals surface area (Å²) < 4.78 is 37.7. The first-order valence-electron chi connectivity index (χ1n) is 4.37. The predicted octanol–water partition coefficient (Wildman–Crippen LogP) is -0.933. The number of rotatable bonds is 3. The highest BCUT2D eigenvalue weighted by Crippen LogP contribution is 2.23. The van der Waals surface area contributed by atoms with E-state index in [1.807, 2.05) is 0 Å². The van der Waals surface area contributed by atoms with Crippen LogP contribution in [0.4, 0.5) is 13.3 Å². The first kappa shape index (κ1) is 12.7. The first-order valence-corrected chi connectivity index (χ1v) is 4.37. The Morgan fingerprint density at radius 1 is 1.50 bits per heavy atom. The summed E-state index contributed by atoms with van der Waals surface area (Å²) in [4.78, 5) is 25.5. The predicted molar refractivity (Wildman–Crippen MR) is 44.5 cm³/mol. The summed E-state index contributed by atoms with van der Waals surface area (Å²) in [5, 5.41) is 0. The Bertz CT molecular complexity index is 300. The summed E-state index contributed by atoms with van der Waals surface area (Å²) in [7, 11) is 0. The van der Waals surface area contributed by atoms with Gasteiger partial charge >= 0.3 is 12.0 Å². The van der Waals surface area contributed by atoms with Crippen molar-refractivity contribution in [3.63, 3.8) is 0 Å². The lowest BCUT2D eigenvalue weighted by atomic mass is 10.3. The van der Waals surface area contributed by atoms with E-state index in [-0.39, 0.29) is 24.7 Å². The van der Waals surface area contributed by atoms with Gasteiger partial charge in [-0.3, -0.25) is 14.6 Å². The molecule has 0 atom stereocenters. The molecule has 92 valence electrons. The van der Waals surface area contributed by atoms with Gasteiger partial charge in [0.05, 0.1) is 6.54 Å². The zero-order valence-corrected chi connectivity index (χ0v) is 8.16. The number of alkyl halides is 2. The van der Waals surface area contributed by atoms with Crippen LogP contribution in [-0.2, 0) is 14.5 Å². The third-order valence-corrected chi connectivity index (χ3v) is 2.21. The molecule has 1 heterocycles. The van der Waals surface area contributed by atoms with Crippen LogP contribution in [0.15, 0.2) is 0 Å². The molecule has 9 heteroatoms. The molecule has 0 aromatic rings. The highest BCUT2D eigenvalue weighted by molar-refractivity contribution is 5.86. The molecule has 0 aromatic heterocycles. The molecule has 0 unspecified atom stereocenters. The second-order valence-electron chi connectivity index (χ2n) is 3.19. The average molecular weight is 241 g/mol. The number of hydrogen-bond acceptors (Lipinski definition) is 5. The maximum Gasteiger partial charge on any atom is 0.440 e. The van der Waals surface area contributed by atoms with Crippen LogP contribution in [0.1, 0.15) is 0 Å². The largest absolute Gasteiger partial charge is 0.440 e. The molecular formula is C7H10F3N3O3. The third-order valence-electron chi connectivity index (χ3n) is 2.21. The van der Waals surface area contributed by atoms with Crippen LogP contribution in [-0.4, -0.2) is 54.0 Å². The SMILES string of the molecule is NCN1CCN(C(F)(F)C(=O)OF)C(=O)C1. The topological polar surface area (TPSA) is 75.9 Å². The fraction of sp³-hybridized carbons (Fsp3) is 0.714. The molecule has 6 nitrogen and oxygen atoms in total. The molecule has 0 radical (unpaired) electrons. The number of carbonyl (C=O) groups excluding carboxylic acids is 2. The van der Waals surface area contributed by atoms with E-state index in [9.17, 15) is 22.9 Å². The van der Waals surface area contributed by atoms with Gasteiger partial charge in [-0.25, -0.2) is 9.74 Å². The molecule has 1 rings (SSSR count). The fourth-order valence-electron chi connectivity index (χ4n) is 1.33. The Kier molecular flexibility index (Phi) is 3.70. The van der Waals surface area contributed by atoms with Crippen molar-refractivity contribution in [1.82, 2.24) is 9.80 Å². The molecule has 2 N–H and O–H groups in total. The first-order chi connectivity index (χ1) is 7.43. The van der Waals surface area contributed by atoms with Crippen molar-refractivity contribution in [3.05, 3.63) is 0 Å². The van der Waals surface area contributed by atoms with E-state index in [1.165, 1.54) is 4.90 Å². The van der Waals surface area contributed by atoms with Crippen LogP contribution in [0, 0.1) is 0 Å². The monoisotopic (exact) mass is 241 g/mol. The van der Waals surface area contributed by atoms with Crippen LogP contribution in [0.5, 0.6) is 0 Å². The number of hydrogen-bond donors (Lipinski definition) is 1. The van der Waals surface area contributed by atoms with Gasteiger partial charge < -0.3 is 5.73 Å². The average Bonchev–Trinajstić information content (AvgIpc) is 2.27. The normalized spacial score (nSPS) is 18.8. The summed E-state index contributed by atoms with van der Waals surface area (Å²) in [5.74, 6) is -3.41. The Balaban J connectivity index is 2.75. The molecule has 1 aliphatic rings. The van der Waals surface area contributed by atoms with Crippen LogP contribution in [0.25, 0.3) is 0 Å². The van der Waals surface area contributed by atoms with E-state index >= 15 is 0 Å². The van der Waals surface area contributed by atoms with Gasteiger partial charge in [-0.2, -0.15) is 8.78 Å². The Morgan fingerprint density at radius 2 is 2.12 bits per heavy atom. The zero-order valence-electron chi connectivity index (χ0n) is 8.16. The summed E-state index contributed by atoms with van der Waals surface area (Å²) >= 11 is 0. The van der Waals surface area contributed by atoms with E-state index in [2.05, 4.69) is 4.94 Å². The lowest BCUT2D eigenvalue weighted by Crippen LogP contribution is -2.60. The molecule has 0 aliphatic carbocycles. The van der Waals surface area contributed by atoms with Gasteiger partial charge in [0.15, 0.2) is 0 Å². The van der Waals surface area contributed by atoms with Gasteiger partial charge in [0.2, 0.25) is 5.91 Å². The summed E-state index contributed by atoms with van der Waals surface area (Å²) in [6.07, 6.45) is 0. The summed E-state index contributed by atoms with van der Waals surface area (Å²) in [5.41, 5.74) is 5.22. The third kappa shape index (κ3) is 2.25.